The second-order valence-corrected chi connectivity index (χ2v) is 12.3. The van der Waals surface area contributed by atoms with E-state index in [0.717, 1.165) is 23.3 Å². The minimum Gasteiger partial charge on any atom is -0.477 e. The van der Waals surface area contributed by atoms with Gasteiger partial charge >= 0.3 is 5.97 Å². The highest BCUT2D eigenvalue weighted by molar-refractivity contribution is 7.15. The van der Waals surface area contributed by atoms with Gasteiger partial charge in [0.05, 0.1) is 4.88 Å². The number of carbonyl (C=O) groups is 4. The lowest BCUT2D eigenvalue weighted by molar-refractivity contribution is -0.132. The Bertz CT molecular complexity index is 1780. The van der Waals surface area contributed by atoms with Gasteiger partial charge in [0.25, 0.3) is 5.91 Å². The third-order valence-corrected chi connectivity index (χ3v) is 8.73. The zero-order chi connectivity index (χ0) is 30.8. The van der Waals surface area contributed by atoms with E-state index < -0.39 is 23.8 Å². The molecule has 3 amide bonds. The molecule has 4 aromatic rings. The first-order valence-corrected chi connectivity index (χ1v) is 14.8. The topological polar surface area (TPSA) is 149 Å². The van der Waals surface area contributed by atoms with E-state index in [4.69, 9.17) is 11.6 Å². The summed E-state index contributed by atoms with van der Waals surface area (Å²) in [5, 5.41) is 16.1. The third kappa shape index (κ3) is 7.12. The number of fused-ring (bicyclic) bond motifs is 1. The van der Waals surface area contributed by atoms with Gasteiger partial charge in [-0.05, 0) is 65.9 Å². The molecule has 0 spiro atoms. The molecule has 0 saturated heterocycles. The van der Waals surface area contributed by atoms with Crippen LogP contribution in [0.3, 0.4) is 0 Å². The van der Waals surface area contributed by atoms with Gasteiger partial charge in [-0.1, -0.05) is 30.7 Å². The molecule has 222 valence electrons. The smallest absolute Gasteiger partial charge is 0.345 e. The van der Waals surface area contributed by atoms with Crippen LogP contribution in [0.15, 0.2) is 65.5 Å². The van der Waals surface area contributed by atoms with Gasteiger partial charge in [0, 0.05) is 53.6 Å². The van der Waals surface area contributed by atoms with Gasteiger partial charge in [-0.2, -0.15) is 0 Å². The summed E-state index contributed by atoms with van der Waals surface area (Å²) in [6.45, 7) is 2.10. The molecule has 1 saturated carbocycles. The molecule has 2 heterocycles. The number of amides is 3. The van der Waals surface area contributed by atoms with Crippen LogP contribution in [0.25, 0.3) is 10.9 Å². The number of aromatic amines is 1. The molecule has 1 aliphatic carbocycles. The Balaban J connectivity index is 1.37. The lowest BCUT2D eigenvalue weighted by Crippen LogP contribution is -2.48. The number of pyridine rings is 1. The summed E-state index contributed by atoms with van der Waals surface area (Å²) in [6.07, 6.45) is 1.00. The molecule has 2 aromatic carbocycles. The zero-order valence-electron chi connectivity index (χ0n) is 23.3. The Morgan fingerprint density at radius 1 is 1.07 bits per heavy atom. The van der Waals surface area contributed by atoms with E-state index >= 15 is 0 Å². The van der Waals surface area contributed by atoms with E-state index in [-0.39, 0.29) is 40.1 Å². The van der Waals surface area contributed by atoms with Crippen molar-refractivity contribution in [2.75, 3.05) is 12.4 Å². The maximum absolute atomic E-state index is 13.8. The number of halogens is 1. The number of hydrogen-bond acceptors (Lipinski definition) is 6. The van der Waals surface area contributed by atoms with Gasteiger partial charge < -0.3 is 25.6 Å². The maximum Gasteiger partial charge on any atom is 0.345 e. The van der Waals surface area contributed by atoms with Crippen LogP contribution in [0.4, 0.5) is 5.69 Å². The molecule has 1 aliphatic rings. The first kappa shape index (κ1) is 30.0. The van der Waals surface area contributed by atoms with Crippen molar-refractivity contribution < 1.29 is 24.3 Å². The van der Waals surface area contributed by atoms with E-state index in [0.29, 0.717) is 33.1 Å². The monoisotopic (exact) mass is 620 g/mol. The van der Waals surface area contributed by atoms with E-state index in [9.17, 15) is 29.1 Å². The fraction of sp³-hybridized carbons (Fsp3) is 0.258. The molecule has 5 rings (SSSR count). The summed E-state index contributed by atoms with van der Waals surface area (Å²) in [4.78, 5) is 67.2. The fourth-order valence-corrected chi connectivity index (χ4v) is 5.83. The normalized spacial score (nSPS) is 16.3. The first-order valence-electron chi connectivity index (χ1n) is 13.6. The number of carbonyl (C=O) groups excluding carboxylic acids is 3. The molecule has 0 bridgehead atoms. The molecular formula is C31H29ClN4O6S. The first-order chi connectivity index (χ1) is 20.5. The number of hydrogen-bond donors (Lipinski definition) is 4. The fourth-order valence-electron chi connectivity index (χ4n) is 4.91. The molecule has 2 unspecified atom stereocenters. The summed E-state index contributed by atoms with van der Waals surface area (Å²) in [7, 11) is 1.57. The van der Waals surface area contributed by atoms with Crippen molar-refractivity contribution in [3.05, 3.63) is 96.9 Å². The molecule has 0 aliphatic heterocycles. The molecular weight excluding hydrogens is 592 g/mol. The number of rotatable bonds is 10. The quantitative estimate of drug-likeness (QED) is 0.205. The number of anilines is 1. The summed E-state index contributed by atoms with van der Waals surface area (Å²) in [5.74, 6) is -1.76. The second-order valence-electron chi connectivity index (χ2n) is 10.7. The van der Waals surface area contributed by atoms with Crippen LogP contribution < -0.4 is 16.2 Å². The van der Waals surface area contributed by atoms with Gasteiger partial charge in [-0.25, -0.2) is 4.79 Å². The number of nitrogens with one attached hydrogen (secondary N) is 3. The van der Waals surface area contributed by atoms with Crippen molar-refractivity contribution in [3.8, 4) is 0 Å². The molecule has 4 N–H and O–H groups in total. The lowest BCUT2D eigenvalue weighted by atomic mass is 10.0. The Hall–Kier alpha value is -4.48. The maximum atomic E-state index is 13.8. The van der Waals surface area contributed by atoms with Crippen molar-refractivity contribution in [2.45, 2.75) is 32.4 Å². The predicted octanol–water partition coefficient (Wildman–Crippen LogP) is 4.54. The van der Waals surface area contributed by atoms with E-state index in [2.05, 4.69) is 15.6 Å². The van der Waals surface area contributed by atoms with Gasteiger partial charge in [-0.3, -0.25) is 19.2 Å². The second kappa shape index (κ2) is 12.4. The molecule has 1 fully saturated rings. The highest BCUT2D eigenvalue weighted by Crippen LogP contribution is 2.38. The van der Waals surface area contributed by atoms with Crippen molar-refractivity contribution in [1.82, 2.24) is 15.2 Å². The molecule has 10 nitrogen and oxygen atoms in total. The van der Waals surface area contributed by atoms with Gasteiger partial charge in [-0.15, -0.1) is 11.3 Å². The van der Waals surface area contributed by atoms with Crippen LogP contribution >= 0.6 is 22.9 Å². The van der Waals surface area contributed by atoms with E-state index in [1.165, 1.54) is 23.1 Å². The van der Waals surface area contributed by atoms with E-state index in [1.807, 2.05) is 6.92 Å². The number of aromatic carboxylic acids is 1. The number of benzene rings is 2. The summed E-state index contributed by atoms with van der Waals surface area (Å²) >= 11 is 7.00. The Labute approximate surface area is 255 Å². The lowest BCUT2D eigenvalue weighted by Gasteiger charge is -2.25. The van der Waals surface area contributed by atoms with Gasteiger partial charge in [0.1, 0.15) is 10.9 Å². The Kier molecular flexibility index (Phi) is 8.65. The standard InChI is InChI=1S/C31H29ClN4O6S/c1-16-11-21(16)28(38)33-20-6-3-17(4-7-20)12-24(35-29(39)25-9-10-26(43-25)31(41)42)30(40)36(2)15-18-13-27(37)34-23-8-5-19(32)14-22(18)23/h3-10,13-14,16,21,24H,11-12,15H2,1-2H3,(H,33,38)(H,34,37)(H,35,39)(H,41,42)/t16?,21?,24-/m0/s1. The minimum atomic E-state index is -1.15. The largest absolute Gasteiger partial charge is 0.477 e. The van der Waals surface area contributed by atoms with Crippen LogP contribution in [-0.2, 0) is 22.6 Å². The van der Waals surface area contributed by atoms with Crippen LogP contribution in [0.5, 0.6) is 0 Å². The molecule has 43 heavy (non-hydrogen) atoms. The number of carboxylic acids is 1. The average molecular weight is 621 g/mol. The number of likely N-dealkylation sites (N-methyl/N-ethyl adjacent to an activating group) is 1. The number of carboxylic acid groups (broad SMARTS) is 1. The van der Waals surface area contributed by atoms with Gasteiger partial charge in [0.15, 0.2) is 0 Å². The van der Waals surface area contributed by atoms with Crippen LogP contribution in [-0.4, -0.2) is 51.8 Å². The van der Waals surface area contributed by atoms with Crippen molar-refractivity contribution >= 4 is 63.2 Å². The third-order valence-electron chi connectivity index (χ3n) is 7.43. The van der Waals surface area contributed by atoms with Crippen LogP contribution in [0, 0.1) is 11.8 Å². The van der Waals surface area contributed by atoms with Crippen LogP contribution in [0.1, 0.15) is 43.8 Å². The predicted molar refractivity (Wildman–Crippen MR) is 165 cm³/mol. The Morgan fingerprint density at radius 2 is 1.77 bits per heavy atom. The SMILES string of the molecule is CC1CC1C(=O)Nc1ccc(C[C@H](NC(=O)c2ccc(C(=O)O)s2)C(=O)N(C)Cc2cc(=O)[nH]c3ccc(Cl)cc23)cc1. The summed E-state index contributed by atoms with van der Waals surface area (Å²) in [5.41, 5.74) is 2.20. The van der Waals surface area contributed by atoms with Crippen molar-refractivity contribution in [2.24, 2.45) is 11.8 Å². The zero-order valence-corrected chi connectivity index (χ0v) is 24.9. The van der Waals surface area contributed by atoms with E-state index in [1.54, 1.807) is 49.5 Å². The molecule has 2 aromatic heterocycles. The summed E-state index contributed by atoms with van der Waals surface area (Å²) in [6, 6.07) is 15.2. The van der Waals surface area contributed by atoms with Crippen LogP contribution in [0.2, 0.25) is 5.02 Å². The highest BCUT2D eigenvalue weighted by atomic mass is 35.5. The number of aromatic nitrogens is 1. The molecule has 12 heteroatoms. The minimum absolute atomic E-state index is 0.00297. The number of H-pyrrole nitrogens is 1. The number of thiophene rings is 1. The molecule has 0 radical (unpaired) electrons. The molecule has 3 atom stereocenters. The van der Waals surface area contributed by atoms with Crippen molar-refractivity contribution in [3.63, 3.8) is 0 Å². The van der Waals surface area contributed by atoms with Crippen molar-refractivity contribution in [1.29, 1.82) is 0 Å². The average Bonchev–Trinajstić information content (AvgIpc) is 3.48. The highest BCUT2D eigenvalue weighted by Gasteiger charge is 2.39. The van der Waals surface area contributed by atoms with Gasteiger partial charge in [0.2, 0.25) is 17.4 Å². The Morgan fingerprint density at radius 3 is 2.42 bits per heavy atom. The summed E-state index contributed by atoms with van der Waals surface area (Å²) < 4.78 is 0. The number of nitrogens with zero attached hydrogens (tertiary/aromatic N) is 1.